The standard InChI is InChI=1S/C14H9BrCl2N2O2/c15-9-3-1-8(2-4-9)7-18-19-14(21)11-5-10(16)6-12(17)13(11)20/h1-7,20H,(H,19,21). The molecule has 1 amide bonds. The summed E-state index contributed by atoms with van der Waals surface area (Å²) >= 11 is 14.9. The number of halogens is 3. The molecule has 2 aromatic rings. The summed E-state index contributed by atoms with van der Waals surface area (Å²) in [7, 11) is 0. The van der Waals surface area contributed by atoms with Gasteiger partial charge in [-0.15, -0.1) is 0 Å². The van der Waals surface area contributed by atoms with Gasteiger partial charge in [0.05, 0.1) is 16.8 Å². The number of carbonyl (C=O) groups is 1. The Hall–Kier alpha value is -1.56. The molecule has 0 bridgehead atoms. The number of hydrogen-bond acceptors (Lipinski definition) is 3. The normalized spacial score (nSPS) is 10.8. The second-order valence-electron chi connectivity index (χ2n) is 4.03. The molecule has 0 heterocycles. The van der Waals surface area contributed by atoms with Gasteiger partial charge in [-0.3, -0.25) is 4.79 Å². The Bertz CT molecular complexity index is 703. The number of phenols is 1. The highest BCUT2D eigenvalue weighted by Gasteiger charge is 2.14. The van der Waals surface area contributed by atoms with Crippen LogP contribution in [0.25, 0.3) is 0 Å². The topological polar surface area (TPSA) is 61.7 Å². The molecule has 2 N–H and O–H groups in total. The van der Waals surface area contributed by atoms with Crippen molar-refractivity contribution in [3.8, 4) is 5.75 Å². The highest BCUT2D eigenvalue weighted by molar-refractivity contribution is 9.10. The third kappa shape index (κ3) is 4.20. The van der Waals surface area contributed by atoms with E-state index in [1.807, 2.05) is 24.3 Å². The van der Waals surface area contributed by atoms with Crippen molar-refractivity contribution in [1.29, 1.82) is 0 Å². The number of amides is 1. The van der Waals surface area contributed by atoms with Crippen molar-refractivity contribution < 1.29 is 9.90 Å². The molecule has 108 valence electrons. The first kappa shape index (κ1) is 15.8. The predicted octanol–water partition coefficient (Wildman–Crippen LogP) is 4.23. The molecule has 0 unspecified atom stereocenters. The molecule has 7 heteroatoms. The third-order valence-electron chi connectivity index (χ3n) is 2.52. The van der Waals surface area contributed by atoms with Gasteiger partial charge in [0.1, 0.15) is 5.75 Å². The maximum absolute atomic E-state index is 11.9. The van der Waals surface area contributed by atoms with Gasteiger partial charge in [0, 0.05) is 9.50 Å². The van der Waals surface area contributed by atoms with Crippen LogP contribution in [0.5, 0.6) is 5.75 Å². The molecular weight excluding hydrogens is 379 g/mol. The minimum atomic E-state index is -0.606. The summed E-state index contributed by atoms with van der Waals surface area (Å²) in [4.78, 5) is 11.9. The smallest absolute Gasteiger partial charge is 0.275 e. The number of hydrazone groups is 1. The highest BCUT2D eigenvalue weighted by Crippen LogP contribution is 2.30. The Kier molecular flexibility index (Phi) is 5.22. The number of benzene rings is 2. The van der Waals surface area contributed by atoms with Crippen molar-refractivity contribution in [3.63, 3.8) is 0 Å². The van der Waals surface area contributed by atoms with Crippen molar-refractivity contribution in [3.05, 3.63) is 62.0 Å². The Labute approximate surface area is 139 Å². The van der Waals surface area contributed by atoms with Crippen LogP contribution in [0.3, 0.4) is 0 Å². The molecule has 0 atom stereocenters. The second kappa shape index (κ2) is 6.93. The van der Waals surface area contributed by atoms with Crippen molar-refractivity contribution in [2.75, 3.05) is 0 Å². The molecule has 0 saturated heterocycles. The Morgan fingerprint density at radius 2 is 1.90 bits per heavy atom. The number of carbonyl (C=O) groups excluding carboxylic acids is 1. The molecule has 21 heavy (non-hydrogen) atoms. The van der Waals surface area contributed by atoms with E-state index in [9.17, 15) is 9.90 Å². The SMILES string of the molecule is O=C(NN=Cc1ccc(Br)cc1)c1cc(Cl)cc(Cl)c1O. The summed E-state index contributed by atoms with van der Waals surface area (Å²) in [6.07, 6.45) is 1.48. The fourth-order valence-corrected chi connectivity index (χ4v) is 2.27. The van der Waals surface area contributed by atoms with Crippen molar-refractivity contribution in [2.45, 2.75) is 0 Å². The van der Waals surface area contributed by atoms with Crippen LogP contribution in [-0.2, 0) is 0 Å². The maximum Gasteiger partial charge on any atom is 0.275 e. The molecule has 0 radical (unpaired) electrons. The summed E-state index contributed by atoms with van der Waals surface area (Å²) in [5.74, 6) is -0.942. The lowest BCUT2D eigenvalue weighted by Crippen LogP contribution is -2.17. The number of nitrogens with one attached hydrogen (secondary N) is 1. The Morgan fingerprint density at radius 3 is 2.57 bits per heavy atom. The average molecular weight is 388 g/mol. The third-order valence-corrected chi connectivity index (χ3v) is 3.56. The summed E-state index contributed by atoms with van der Waals surface area (Å²) in [5, 5.41) is 13.8. The van der Waals surface area contributed by atoms with E-state index >= 15 is 0 Å². The average Bonchev–Trinajstić information content (AvgIpc) is 2.44. The van der Waals surface area contributed by atoms with Crippen LogP contribution in [0.15, 0.2) is 46.0 Å². The minimum Gasteiger partial charge on any atom is -0.506 e. The van der Waals surface area contributed by atoms with E-state index < -0.39 is 5.91 Å². The zero-order chi connectivity index (χ0) is 15.4. The molecular formula is C14H9BrCl2N2O2. The van der Waals surface area contributed by atoms with Gasteiger partial charge in [0.25, 0.3) is 5.91 Å². The van der Waals surface area contributed by atoms with Gasteiger partial charge in [0.2, 0.25) is 0 Å². The van der Waals surface area contributed by atoms with Gasteiger partial charge < -0.3 is 5.11 Å². The van der Waals surface area contributed by atoms with Gasteiger partial charge in [-0.25, -0.2) is 5.43 Å². The number of nitrogens with zero attached hydrogens (tertiary/aromatic N) is 1. The van der Waals surface area contributed by atoms with Gasteiger partial charge in [-0.1, -0.05) is 51.3 Å². The van der Waals surface area contributed by atoms with Crippen molar-refractivity contribution >= 4 is 51.3 Å². The molecule has 0 aliphatic rings. The number of phenolic OH excluding ortho intramolecular Hbond substituents is 1. The zero-order valence-corrected chi connectivity index (χ0v) is 13.6. The van der Waals surface area contributed by atoms with Gasteiger partial charge in [0.15, 0.2) is 0 Å². The minimum absolute atomic E-state index is 0.00420. The molecule has 0 aromatic heterocycles. The summed E-state index contributed by atoms with van der Waals surface area (Å²) in [6, 6.07) is 10.0. The van der Waals surface area contributed by atoms with Crippen molar-refractivity contribution in [2.24, 2.45) is 5.10 Å². The lowest BCUT2D eigenvalue weighted by molar-refractivity contribution is 0.0952. The van der Waals surface area contributed by atoms with Crippen LogP contribution in [-0.4, -0.2) is 17.2 Å². The van der Waals surface area contributed by atoms with E-state index in [2.05, 4.69) is 26.5 Å². The zero-order valence-electron chi connectivity index (χ0n) is 10.5. The fraction of sp³-hybridized carbons (Fsp3) is 0. The molecule has 0 aliphatic heterocycles. The van der Waals surface area contributed by atoms with Crippen LogP contribution in [0.2, 0.25) is 10.0 Å². The number of hydrogen-bond donors (Lipinski definition) is 2. The molecule has 0 saturated carbocycles. The largest absolute Gasteiger partial charge is 0.506 e. The first-order valence-electron chi connectivity index (χ1n) is 5.74. The molecule has 0 spiro atoms. The number of aromatic hydroxyl groups is 1. The fourth-order valence-electron chi connectivity index (χ4n) is 1.51. The van der Waals surface area contributed by atoms with Crippen LogP contribution >= 0.6 is 39.1 Å². The van der Waals surface area contributed by atoms with Gasteiger partial charge in [-0.05, 0) is 29.8 Å². The monoisotopic (exact) mass is 386 g/mol. The van der Waals surface area contributed by atoms with Crippen LogP contribution in [0, 0.1) is 0 Å². The summed E-state index contributed by atoms with van der Waals surface area (Å²) in [5.41, 5.74) is 3.07. The molecule has 0 fully saturated rings. The highest BCUT2D eigenvalue weighted by atomic mass is 79.9. The quantitative estimate of drug-likeness (QED) is 0.611. The molecule has 4 nitrogen and oxygen atoms in total. The van der Waals surface area contributed by atoms with Crippen LogP contribution in [0.1, 0.15) is 15.9 Å². The van der Waals surface area contributed by atoms with Crippen LogP contribution < -0.4 is 5.43 Å². The lowest BCUT2D eigenvalue weighted by Gasteiger charge is -2.05. The molecule has 2 rings (SSSR count). The van der Waals surface area contributed by atoms with E-state index in [1.54, 1.807) is 0 Å². The van der Waals surface area contributed by atoms with E-state index in [0.717, 1.165) is 10.0 Å². The van der Waals surface area contributed by atoms with Crippen LogP contribution in [0.4, 0.5) is 0 Å². The Balaban J connectivity index is 2.10. The summed E-state index contributed by atoms with van der Waals surface area (Å²) < 4.78 is 0.946. The van der Waals surface area contributed by atoms with E-state index in [4.69, 9.17) is 23.2 Å². The van der Waals surface area contributed by atoms with Gasteiger partial charge in [-0.2, -0.15) is 5.10 Å². The van der Waals surface area contributed by atoms with Crippen molar-refractivity contribution in [1.82, 2.24) is 5.43 Å². The molecule has 0 aliphatic carbocycles. The molecule has 2 aromatic carbocycles. The van der Waals surface area contributed by atoms with E-state index in [1.165, 1.54) is 18.3 Å². The second-order valence-corrected chi connectivity index (χ2v) is 5.79. The Morgan fingerprint density at radius 1 is 1.24 bits per heavy atom. The first-order valence-corrected chi connectivity index (χ1v) is 7.29. The van der Waals surface area contributed by atoms with E-state index in [0.29, 0.717) is 0 Å². The van der Waals surface area contributed by atoms with Gasteiger partial charge >= 0.3 is 0 Å². The summed E-state index contributed by atoms with van der Waals surface area (Å²) in [6.45, 7) is 0. The first-order chi connectivity index (χ1) is 9.97. The number of rotatable bonds is 3. The van der Waals surface area contributed by atoms with E-state index in [-0.39, 0.29) is 21.4 Å². The predicted molar refractivity (Wildman–Crippen MR) is 87.3 cm³/mol. The maximum atomic E-state index is 11.9. The lowest BCUT2D eigenvalue weighted by atomic mass is 10.2.